The van der Waals surface area contributed by atoms with Gasteiger partial charge in [0.1, 0.15) is 0 Å². The number of nitrogens with zero attached hydrogens (tertiary/aromatic N) is 1. The fourth-order valence-electron chi connectivity index (χ4n) is 2.69. The number of hydrogen-bond acceptors (Lipinski definition) is 3. The van der Waals surface area contributed by atoms with Crippen LogP contribution in [0.2, 0.25) is 0 Å². The van der Waals surface area contributed by atoms with Crippen LogP contribution in [0.5, 0.6) is 0 Å². The van der Waals surface area contributed by atoms with E-state index in [1.54, 1.807) is 11.3 Å². The summed E-state index contributed by atoms with van der Waals surface area (Å²) in [5.74, 6) is 0.226. The lowest BCUT2D eigenvalue weighted by atomic mass is 9.84. The summed E-state index contributed by atoms with van der Waals surface area (Å²) in [5, 5.41) is 4.13. The molecular weight excluding hydrogens is 232 g/mol. The van der Waals surface area contributed by atoms with Crippen LogP contribution in [-0.2, 0) is 11.3 Å². The molecule has 2 N–H and O–H groups in total. The molecule has 1 saturated carbocycles. The van der Waals surface area contributed by atoms with Crippen LogP contribution in [0.1, 0.15) is 31.2 Å². The van der Waals surface area contributed by atoms with E-state index >= 15 is 0 Å². The van der Waals surface area contributed by atoms with Gasteiger partial charge in [0.25, 0.3) is 0 Å². The lowest BCUT2D eigenvalue weighted by molar-refractivity contribution is -0.140. The highest BCUT2D eigenvalue weighted by molar-refractivity contribution is 7.07. The summed E-state index contributed by atoms with van der Waals surface area (Å²) in [6, 6.07) is 2.07. The first kappa shape index (κ1) is 12.6. The van der Waals surface area contributed by atoms with Crippen molar-refractivity contribution >= 4 is 17.2 Å². The second-order valence-electron chi connectivity index (χ2n) is 4.98. The topological polar surface area (TPSA) is 46.3 Å². The van der Waals surface area contributed by atoms with E-state index in [1.807, 2.05) is 17.3 Å². The molecule has 0 atom stereocenters. The quantitative estimate of drug-likeness (QED) is 0.893. The first-order chi connectivity index (χ1) is 8.18. The van der Waals surface area contributed by atoms with Gasteiger partial charge in [-0.15, -0.1) is 0 Å². The molecule has 0 unspecified atom stereocenters. The Morgan fingerprint density at radius 3 is 2.76 bits per heavy atom. The summed E-state index contributed by atoms with van der Waals surface area (Å²) in [5.41, 5.74) is 6.77. The maximum Gasteiger partial charge on any atom is 0.230 e. The zero-order valence-corrected chi connectivity index (χ0v) is 11.1. The molecule has 4 heteroatoms. The molecule has 3 nitrogen and oxygen atoms in total. The minimum atomic E-state index is -0.273. The number of hydrogen-bond donors (Lipinski definition) is 1. The lowest BCUT2D eigenvalue weighted by Gasteiger charge is -2.31. The van der Waals surface area contributed by atoms with Gasteiger partial charge in [-0.2, -0.15) is 11.3 Å². The summed E-state index contributed by atoms with van der Waals surface area (Å²) in [6.45, 7) is 1.18. The van der Waals surface area contributed by atoms with Crippen LogP contribution >= 0.6 is 11.3 Å². The van der Waals surface area contributed by atoms with E-state index in [4.69, 9.17) is 5.73 Å². The summed E-state index contributed by atoms with van der Waals surface area (Å²) >= 11 is 1.67. The molecule has 94 valence electrons. The maximum absolute atomic E-state index is 12.5. The van der Waals surface area contributed by atoms with Gasteiger partial charge < -0.3 is 10.6 Å². The fourth-order valence-corrected chi connectivity index (χ4v) is 3.35. The fraction of sp³-hybridized carbons (Fsp3) is 0.615. The van der Waals surface area contributed by atoms with E-state index in [0.717, 1.165) is 25.7 Å². The van der Waals surface area contributed by atoms with Gasteiger partial charge in [-0.1, -0.05) is 12.8 Å². The van der Waals surface area contributed by atoms with E-state index in [2.05, 4.69) is 11.4 Å². The van der Waals surface area contributed by atoms with Gasteiger partial charge in [-0.05, 0) is 35.2 Å². The molecule has 1 aromatic heterocycles. The highest BCUT2D eigenvalue weighted by atomic mass is 32.1. The minimum absolute atomic E-state index is 0.226. The first-order valence-corrected chi connectivity index (χ1v) is 7.09. The third-order valence-electron chi connectivity index (χ3n) is 3.75. The highest BCUT2D eigenvalue weighted by Crippen LogP contribution is 2.38. The van der Waals surface area contributed by atoms with Crippen LogP contribution < -0.4 is 5.73 Å². The molecule has 1 amide bonds. The van der Waals surface area contributed by atoms with Gasteiger partial charge in [0, 0.05) is 20.1 Å². The molecule has 0 spiro atoms. The molecule has 1 fully saturated rings. The average molecular weight is 252 g/mol. The van der Waals surface area contributed by atoms with E-state index in [0.29, 0.717) is 13.1 Å². The van der Waals surface area contributed by atoms with Crippen LogP contribution in [0.15, 0.2) is 16.8 Å². The van der Waals surface area contributed by atoms with Crippen molar-refractivity contribution in [2.45, 2.75) is 32.2 Å². The van der Waals surface area contributed by atoms with Crippen LogP contribution in [0.4, 0.5) is 0 Å². The van der Waals surface area contributed by atoms with Crippen LogP contribution in [0.3, 0.4) is 0 Å². The van der Waals surface area contributed by atoms with Gasteiger partial charge >= 0.3 is 0 Å². The number of carbonyl (C=O) groups excluding carboxylic acids is 1. The second kappa shape index (κ2) is 5.19. The third kappa shape index (κ3) is 2.53. The molecule has 0 saturated heterocycles. The molecule has 2 rings (SSSR count). The Labute approximate surface area is 107 Å². The highest BCUT2D eigenvalue weighted by Gasteiger charge is 2.41. The lowest BCUT2D eigenvalue weighted by Crippen LogP contribution is -2.44. The van der Waals surface area contributed by atoms with E-state index in [-0.39, 0.29) is 11.3 Å². The van der Waals surface area contributed by atoms with Gasteiger partial charge in [-0.25, -0.2) is 0 Å². The SMILES string of the molecule is CN(Cc1ccsc1)C(=O)C1(CN)CCCC1. The van der Waals surface area contributed by atoms with Gasteiger partial charge in [0.15, 0.2) is 0 Å². The molecule has 1 aromatic rings. The van der Waals surface area contributed by atoms with Gasteiger partial charge in [0.2, 0.25) is 5.91 Å². The van der Waals surface area contributed by atoms with Crippen LogP contribution in [0, 0.1) is 5.41 Å². The second-order valence-corrected chi connectivity index (χ2v) is 5.76. The molecule has 1 aliphatic rings. The molecule has 0 bridgehead atoms. The van der Waals surface area contributed by atoms with Crippen molar-refractivity contribution in [3.8, 4) is 0 Å². The normalized spacial score (nSPS) is 18.2. The minimum Gasteiger partial charge on any atom is -0.341 e. The van der Waals surface area contributed by atoms with E-state index in [9.17, 15) is 4.79 Å². The Morgan fingerprint density at radius 1 is 1.53 bits per heavy atom. The molecule has 17 heavy (non-hydrogen) atoms. The number of thiophene rings is 1. The molecule has 0 aromatic carbocycles. The van der Waals surface area contributed by atoms with Crippen LogP contribution in [0.25, 0.3) is 0 Å². The predicted octanol–water partition coefficient (Wildman–Crippen LogP) is 2.23. The van der Waals surface area contributed by atoms with E-state index in [1.165, 1.54) is 5.56 Å². The number of rotatable bonds is 4. The van der Waals surface area contributed by atoms with Crippen molar-refractivity contribution in [3.63, 3.8) is 0 Å². The van der Waals surface area contributed by atoms with Gasteiger partial charge in [-0.3, -0.25) is 4.79 Å². The number of carbonyl (C=O) groups is 1. The van der Waals surface area contributed by atoms with Crippen molar-refractivity contribution in [2.24, 2.45) is 11.1 Å². The zero-order chi connectivity index (χ0) is 12.3. The Balaban J connectivity index is 2.03. The van der Waals surface area contributed by atoms with Crippen LogP contribution in [-0.4, -0.2) is 24.4 Å². The Kier molecular flexibility index (Phi) is 3.84. The first-order valence-electron chi connectivity index (χ1n) is 6.15. The molecule has 0 aliphatic heterocycles. The molecule has 1 aliphatic carbocycles. The van der Waals surface area contributed by atoms with Crippen molar-refractivity contribution in [1.29, 1.82) is 0 Å². The van der Waals surface area contributed by atoms with E-state index < -0.39 is 0 Å². The Morgan fingerprint density at radius 2 is 2.24 bits per heavy atom. The summed E-state index contributed by atoms with van der Waals surface area (Å²) in [4.78, 5) is 14.3. The largest absolute Gasteiger partial charge is 0.341 e. The molecule has 1 heterocycles. The van der Waals surface area contributed by atoms with Crippen molar-refractivity contribution in [3.05, 3.63) is 22.4 Å². The summed E-state index contributed by atoms with van der Waals surface area (Å²) < 4.78 is 0. The molecule has 0 radical (unpaired) electrons. The monoisotopic (exact) mass is 252 g/mol. The smallest absolute Gasteiger partial charge is 0.230 e. The Hall–Kier alpha value is -0.870. The zero-order valence-electron chi connectivity index (χ0n) is 10.3. The number of amides is 1. The van der Waals surface area contributed by atoms with Gasteiger partial charge in [0.05, 0.1) is 5.41 Å². The standard InChI is InChI=1S/C13H20N2OS/c1-15(8-11-4-7-17-9-11)12(16)13(10-14)5-2-3-6-13/h4,7,9H,2-3,5-6,8,10,14H2,1H3. The Bertz CT molecular complexity index is 369. The molecular formula is C13H20N2OS. The average Bonchev–Trinajstić information content (AvgIpc) is 2.99. The summed E-state index contributed by atoms with van der Waals surface area (Å²) in [6.07, 6.45) is 4.18. The number of nitrogens with two attached hydrogens (primary N) is 1. The van der Waals surface area contributed by atoms with Crippen molar-refractivity contribution in [1.82, 2.24) is 4.90 Å². The third-order valence-corrected chi connectivity index (χ3v) is 4.48. The summed E-state index contributed by atoms with van der Waals surface area (Å²) in [7, 11) is 1.88. The van der Waals surface area contributed by atoms with Crippen molar-refractivity contribution in [2.75, 3.05) is 13.6 Å². The van der Waals surface area contributed by atoms with Crippen molar-refractivity contribution < 1.29 is 4.79 Å². The predicted molar refractivity (Wildman–Crippen MR) is 70.7 cm³/mol. The maximum atomic E-state index is 12.5.